The summed E-state index contributed by atoms with van der Waals surface area (Å²) in [6, 6.07) is 12.8. The van der Waals surface area contributed by atoms with Gasteiger partial charge in [-0.05, 0) is 76.9 Å². The highest BCUT2D eigenvalue weighted by Crippen LogP contribution is 2.46. The highest BCUT2D eigenvalue weighted by molar-refractivity contribution is 5.91. The lowest BCUT2D eigenvalue weighted by molar-refractivity contribution is -0.160. The second kappa shape index (κ2) is 8.54. The van der Waals surface area contributed by atoms with Crippen molar-refractivity contribution in [3.8, 4) is 11.1 Å². The average Bonchev–Trinajstić information content (AvgIpc) is 3.17. The van der Waals surface area contributed by atoms with Gasteiger partial charge in [-0.25, -0.2) is 0 Å². The molecule has 0 aromatic heterocycles. The molecule has 2 atom stereocenters. The Bertz CT molecular complexity index is 1200. The van der Waals surface area contributed by atoms with Crippen LogP contribution in [0.4, 0.5) is 0 Å². The minimum Gasteiger partial charge on any atom is -0.362 e. The van der Waals surface area contributed by atoms with Crippen LogP contribution in [0, 0.1) is 0 Å². The predicted molar refractivity (Wildman–Crippen MR) is 131 cm³/mol. The van der Waals surface area contributed by atoms with Gasteiger partial charge in [0.2, 0.25) is 0 Å². The third kappa shape index (κ3) is 4.04. The largest absolute Gasteiger partial charge is 0.362 e. The zero-order valence-electron chi connectivity index (χ0n) is 19.2. The van der Waals surface area contributed by atoms with E-state index in [0.29, 0.717) is 26.1 Å². The van der Waals surface area contributed by atoms with Crippen molar-refractivity contribution in [2.45, 2.75) is 44.7 Å². The monoisotopic (exact) mass is 442 g/mol. The molecule has 0 amide bonds. The Labute approximate surface area is 195 Å². The van der Waals surface area contributed by atoms with Crippen LogP contribution in [0.15, 0.2) is 72.9 Å². The molecule has 3 aliphatic carbocycles. The van der Waals surface area contributed by atoms with Gasteiger partial charge in [-0.1, -0.05) is 60.7 Å². The van der Waals surface area contributed by atoms with Gasteiger partial charge < -0.3 is 19.7 Å². The van der Waals surface area contributed by atoms with E-state index in [0.717, 1.165) is 28.7 Å². The molecule has 0 fully saturated rings. The standard InChI is InChI=1S/C29H30O4/c1-3-32-28(30)15-7-10-21(18-28)24-13-14-25-23-12-6-5-9-20(23)17-26(25)27(24)22-11-8-16-29(31,19-22)33-4-2/h5-16,30-31H,3-4,17-19H2,1-2H3. The normalized spacial score (nSPS) is 25.5. The molecule has 2 aromatic rings. The van der Waals surface area contributed by atoms with Gasteiger partial charge in [-0.3, -0.25) is 0 Å². The average molecular weight is 443 g/mol. The van der Waals surface area contributed by atoms with Crippen molar-refractivity contribution in [3.05, 3.63) is 95.1 Å². The highest BCUT2D eigenvalue weighted by atomic mass is 16.6. The summed E-state index contributed by atoms with van der Waals surface area (Å²) in [6.07, 6.45) is 12.9. The van der Waals surface area contributed by atoms with Crippen molar-refractivity contribution in [2.24, 2.45) is 0 Å². The van der Waals surface area contributed by atoms with E-state index in [9.17, 15) is 10.2 Å². The molecule has 0 heterocycles. The van der Waals surface area contributed by atoms with Crippen LogP contribution in [0.2, 0.25) is 0 Å². The number of benzene rings is 2. The third-order valence-corrected chi connectivity index (χ3v) is 6.64. The van der Waals surface area contributed by atoms with Gasteiger partial charge in [0.25, 0.3) is 0 Å². The molecule has 0 bridgehead atoms. The van der Waals surface area contributed by atoms with E-state index < -0.39 is 11.6 Å². The molecule has 5 rings (SSSR count). The van der Waals surface area contributed by atoms with Crippen LogP contribution in [0.3, 0.4) is 0 Å². The number of hydrogen-bond acceptors (Lipinski definition) is 4. The van der Waals surface area contributed by atoms with Crippen LogP contribution in [0.5, 0.6) is 0 Å². The number of hydrogen-bond donors (Lipinski definition) is 2. The summed E-state index contributed by atoms with van der Waals surface area (Å²) < 4.78 is 11.4. The van der Waals surface area contributed by atoms with Crippen molar-refractivity contribution >= 4 is 11.1 Å². The number of aliphatic hydroxyl groups is 2. The Morgan fingerprint density at radius 1 is 0.758 bits per heavy atom. The molecule has 0 saturated carbocycles. The molecule has 0 spiro atoms. The van der Waals surface area contributed by atoms with Crippen LogP contribution in [0.25, 0.3) is 22.3 Å². The minimum absolute atomic E-state index is 0.370. The lowest BCUT2D eigenvalue weighted by Gasteiger charge is -2.32. The van der Waals surface area contributed by atoms with Crippen molar-refractivity contribution in [1.29, 1.82) is 0 Å². The molecule has 170 valence electrons. The van der Waals surface area contributed by atoms with Crippen LogP contribution < -0.4 is 0 Å². The van der Waals surface area contributed by atoms with Gasteiger partial charge in [-0.2, -0.15) is 0 Å². The van der Waals surface area contributed by atoms with Gasteiger partial charge >= 0.3 is 0 Å². The van der Waals surface area contributed by atoms with E-state index in [-0.39, 0.29) is 0 Å². The highest BCUT2D eigenvalue weighted by Gasteiger charge is 2.34. The van der Waals surface area contributed by atoms with E-state index >= 15 is 0 Å². The zero-order chi connectivity index (χ0) is 23.1. The van der Waals surface area contributed by atoms with E-state index in [4.69, 9.17) is 9.47 Å². The van der Waals surface area contributed by atoms with Crippen molar-refractivity contribution in [3.63, 3.8) is 0 Å². The molecular weight excluding hydrogens is 412 g/mol. The smallest absolute Gasteiger partial charge is 0.189 e. The maximum Gasteiger partial charge on any atom is 0.189 e. The summed E-state index contributed by atoms with van der Waals surface area (Å²) in [5.74, 6) is -2.64. The van der Waals surface area contributed by atoms with E-state index in [2.05, 4.69) is 48.6 Å². The third-order valence-electron chi connectivity index (χ3n) is 6.64. The Morgan fingerprint density at radius 2 is 1.36 bits per heavy atom. The van der Waals surface area contributed by atoms with Gasteiger partial charge in [0.1, 0.15) is 0 Å². The SMILES string of the molecule is CCOC1(O)C=CC=C(c2ccc3c(c2C2=CC=CC(O)(OCC)C2)Cc2ccccc2-3)C1. The van der Waals surface area contributed by atoms with Gasteiger partial charge in [-0.15, -0.1) is 0 Å². The summed E-state index contributed by atoms with van der Waals surface area (Å²) in [5.41, 5.74) is 9.27. The molecule has 0 saturated heterocycles. The summed E-state index contributed by atoms with van der Waals surface area (Å²) in [4.78, 5) is 0. The zero-order valence-corrected chi connectivity index (χ0v) is 19.2. The first-order chi connectivity index (χ1) is 16.0. The summed E-state index contributed by atoms with van der Waals surface area (Å²) in [6.45, 7) is 4.63. The van der Waals surface area contributed by atoms with Crippen LogP contribution >= 0.6 is 0 Å². The topological polar surface area (TPSA) is 58.9 Å². The molecule has 4 heteroatoms. The lowest BCUT2D eigenvalue weighted by atomic mass is 9.81. The molecule has 4 nitrogen and oxygen atoms in total. The molecule has 2 aromatic carbocycles. The fourth-order valence-corrected chi connectivity index (χ4v) is 5.31. The molecule has 2 unspecified atom stereocenters. The molecule has 2 N–H and O–H groups in total. The van der Waals surface area contributed by atoms with Crippen molar-refractivity contribution < 1.29 is 19.7 Å². The maximum absolute atomic E-state index is 11.0. The summed E-state index contributed by atoms with van der Waals surface area (Å²) in [7, 11) is 0. The Kier molecular flexibility index (Phi) is 5.71. The summed E-state index contributed by atoms with van der Waals surface area (Å²) in [5, 5.41) is 22.0. The van der Waals surface area contributed by atoms with Crippen LogP contribution in [-0.4, -0.2) is 35.0 Å². The van der Waals surface area contributed by atoms with Gasteiger partial charge in [0.05, 0.1) is 0 Å². The van der Waals surface area contributed by atoms with Crippen molar-refractivity contribution in [2.75, 3.05) is 13.2 Å². The van der Waals surface area contributed by atoms with Crippen molar-refractivity contribution in [1.82, 2.24) is 0 Å². The van der Waals surface area contributed by atoms with Gasteiger partial charge in [0.15, 0.2) is 11.6 Å². The number of fused-ring (bicyclic) bond motifs is 3. The fourth-order valence-electron chi connectivity index (χ4n) is 5.31. The first-order valence-corrected chi connectivity index (χ1v) is 11.7. The van der Waals surface area contributed by atoms with Crippen LogP contribution in [0.1, 0.15) is 48.9 Å². The maximum atomic E-state index is 11.0. The van der Waals surface area contributed by atoms with E-state index in [1.165, 1.54) is 22.3 Å². The molecule has 3 aliphatic rings. The predicted octanol–water partition coefficient (Wildman–Crippen LogP) is 5.39. The summed E-state index contributed by atoms with van der Waals surface area (Å²) >= 11 is 0. The molecular formula is C29H30O4. The van der Waals surface area contributed by atoms with Crippen LogP contribution in [-0.2, 0) is 15.9 Å². The number of rotatable bonds is 6. The lowest BCUT2D eigenvalue weighted by Crippen LogP contribution is -2.32. The first kappa shape index (κ1) is 22.1. The fraction of sp³-hybridized carbons (Fsp3) is 0.310. The quantitative estimate of drug-likeness (QED) is 0.502. The number of allylic oxidation sites excluding steroid dienone is 4. The van der Waals surface area contributed by atoms with E-state index in [1.54, 1.807) is 12.2 Å². The molecule has 0 aliphatic heterocycles. The number of ether oxygens (including phenoxy) is 2. The van der Waals surface area contributed by atoms with E-state index in [1.807, 2.05) is 26.0 Å². The Hall–Kier alpha value is -2.76. The second-order valence-corrected chi connectivity index (χ2v) is 8.86. The minimum atomic E-state index is -1.32. The molecule has 0 radical (unpaired) electrons. The Morgan fingerprint density at radius 3 is 2.06 bits per heavy atom. The van der Waals surface area contributed by atoms with Gasteiger partial charge in [0, 0.05) is 26.1 Å². The Balaban J connectivity index is 1.65. The first-order valence-electron chi connectivity index (χ1n) is 11.7. The second-order valence-electron chi connectivity index (χ2n) is 8.86. The molecule has 33 heavy (non-hydrogen) atoms.